The number of ether oxygens (including phenoxy) is 1. The number of amides is 1. The number of anilines is 2. The lowest BCUT2D eigenvalue weighted by atomic mass is 10.2. The largest absolute Gasteiger partial charge is 0.479 e. The van der Waals surface area contributed by atoms with E-state index in [-0.39, 0.29) is 5.91 Å². The van der Waals surface area contributed by atoms with Gasteiger partial charge in [0, 0.05) is 16.4 Å². The van der Waals surface area contributed by atoms with Crippen LogP contribution in [0.3, 0.4) is 0 Å². The second-order valence-corrected chi connectivity index (χ2v) is 6.52. The van der Waals surface area contributed by atoms with Crippen molar-refractivity contribution in [2.75, 3.05) is 4.90 Å². The average Bonchev–Trinajstić information content (AvgIpc) is 2.66. The molecule has 0 aliphatic carbocycles. The first-order valence-corrected chi connectivity index (χ1v) is 8.87. The van der Waals surface area contributed by atoms with Crippen LogP contribution >= 0.6 is 23.2 Å². The van der Waals surface area contributed by atoms with Crippen molar-refractivity contribution in [3.8, 4) is 5.75 Å². The molecule has 0 aliphatic heterocycles. The number of halogens is 2. The van der Waals surface area contributed by atoms with Crippen molar-refractivity contribution in [1.29, 1.82) is 0 Å². The fraction of sp³-hybridized carbons (Fsp3) is 0.0952. The third-order valence-electron chi connectivity index (χ3n) is 3.79. The Morgan fingerprint density at radius 2 is 1.42 bits per heavy atom. The molecular formula is C21H17Cl2NO2. The van der Waals surface area contributed by atoms with Crippen molar-refractivity contribution in [1.82, 2.24) is 0 Å². The first-order valence-electron chi connectivity index (χ1n) is 8.12. The van der Waals surface area contributed by atoms with Gasteiger partial charge in [-0.1, -0.05) is 59.6 Å². The second kappa shape index (κ2) is 8.26. The Morgan fingerprint density at radius 3 is 1.92 bits per heavy atom. The standard InChI is InChI=1S/C21H17Cl2NO2/c1-15(26-20-13-12-16(22)14-19(20)23)21(25)24(17-8-4-2-5-9-17)18-10-6-3-7-11-18/h2-15H,1H3/t15-/m0/s1. The van der Waals surface area contributed by atoms with Crippen LogP contribution in [0.2, 0.25) is 10.0 Å². The molecule has 1 amide bonds. The molecule has 0 saturated carbocycles. The summed E-state index contributed by atoms with van der Waals surface area (Å²) < 4.78 is 5.80. The maximum atomic E-state index is 13.2. The van der Waals surface area contributed by atoms with E-state index in [0.717, 1.165) is 11.4 Å². The summed E-state index contributed by atoms with van der Waals surface area (Å²) in [5.74, 6) is 0.214. The van der Waals surface area contributed by atoms with Crippen LogP contribution in [0, 0.1) is 0 Å². The van der Waals surface area contributed by atoms with Crippen LogP contribution in [0.5, 0.6) is 5.75 Å². The van der Waals surface area contributed by atoms with Gasteiger partial charge in [-0.3, -0.25) is 9.69 Å². The van der Waals surface area contributed by atoms with Crippen molar-refractivity contribution in [3.63, 3.8) is 0 Å². The Bertz CT molecular complexity index is 846. The molecule has 5 heteroatoms. The first-order chi connectivity index (χ1) is 12.6. The first kappa shape index (κ1) is 18.3. The normalized spacial score (nSPS) is 11.7. The van der Waals surface area contributed by atoms with Crippen molar-refractivity contribution in [2.24, 2.45) is 0 Å². The van der Waals surface area contributed by atoms with Gasteiger partial charge in [0.1, 0.15) is 5.75 Å². The summed E-state index contributed by atoms with van der Waals surface area (Å²) in [5, 5.41) is 0.875. The fourth-order valence-corrected chi connectivity index (χ4v) is 3.00. The van der Waals surface area contributed by atoms with Gasteiger partial charge < -0.3 is 4.74 Å². The minimum atomic E-state index is -0.742. The maximum Gasteiger partial charge on any atom is 0.272 e. The van der Waals surface area contributed by atoms with E-state index in [1.54, 1.807) is 30.0 Å². The molecule has 0 spiro atoms. The van der Waals surface area contributed by atoms with Gasteiger partial charge in [0.15, 0.2) is 6.10 Å². The van der Waals surface area contributed by atoms with Crippen molar-refractivity contribution < 1.29 is 9.53 Å². The summed E-state index contributed by atoms with van der Waals surface area (Å²) in [4.78, 5) is 14.8. The monoisotopic (exact) mass is 385 g/mol. The van der Waals surface area contributed by atoms with E-state index >= 15 is 0 Å². The Hall–Kier alpha value is -2.49. The van der Waals surface area contributed by atoms with E-state index < -0.39 is 6.10 Å². The molecule has 0 fully saturated rings. The van der Waals surface area contributed by atoms with Gasteiger partial charge in [-0.05, 0) is 49.4 Å². The van der Waals surface area contributed by atoms with E-state index in [4.69, 9.17) is 27.9 Å². The van der Waals surface area contributed by atoms with Crippen LogP contribution < -0.4 is 9.64 Å². The Kier molecular flexibility index (Phi) is 5.82. The molecule has 3 rings (SSSR count). The van der Waals surface area contributed by atoms with Gasteiger partial charge in [-0.2, -0.15) is 0 Å². The van der Waals surface area contributed by atoms with E-state index in [1.165, 1.54) is 0 Å². The van der Waals surface area contributed by atoms with Crippen LogP contribution in [0.25, 0.3) is 0 Å². The quantitative estimate of drug-likeness (QED) is 0.528. The molecule has 132 valence electrons. The maximum absolute atomic E-state index is 13.2. The lowest BCUT2D eigenvalue weighted by Gasteiger charge is -2.26. The highest BCUT2D eigenvalue weighted by atomic mass is 35.5. The third kappa shape index (κ3) is 4.18. The summed E-state index contributed by atoms with van der Waals surface area (Å²) in [6, 6.07) is 23.8. The molecule has 0 saturated heterocycles. The van der Waals surface area contributed by atoms with Crippen molar-refractivity contribution in [3.05, 3.63) is 88.9 Å². The topological polar surface area (TPSA) is 29.5 Å². The van der Waals surface area contributed by atoms with E-state index in [0.29, 0.717) is 15.8 Å². The molecule has 0 heterocycles. The lowest BCUT2D eigenvalue weighted by Crippen LogP contribution is -2.37. The summed E-state index contributed by atoms with van der Waals surface area (Å²) >= 11 is 12.1. The number of carbonyl (C=O) groups excluding carboxylic acids is 1. The van der Waals surface area contributed by atoms with Gasteiger partial charge in [0.05, 0.1) is 5.02 Å². The van der Waals surface area contributed by atoms with Gasteiger partial charge in [-0.15, -0.1) is 0 Å². The minimum absolute atomic E-state index is 0.201. The Balaban J connectivity index is 1.90. The highest BCUT2D eigenvalue weighted by molar-refractivity contribution is 6.35. The second-order valence-electron chi connectivity index (χ2n) is 5.68. The number of benzene rings is 3. The number of para-hydroxylation sites is 2. The SMILES string of the molecule is C[C@H](Oc1ccc(Cl)cc1Cl)C(=O)N(c1ccccc1)c1ccccc1. The highest BCUT2D eigenvalue weighted by Gasteiger charge is 2.25. The van der Waals surface area contributed by atoms with Gasteiger partial charge >= 0.3 is 0 Å². The van der Waals surface area contributed by atoms with E-state index in [9.17, 15) is 4.79 Å². The summed E-state index contributed by atoms with van der Waals surface area (Å²) in [6.45, 7) is 1.70. The fourth-order valence-electron chi connectivity index (χ4n) is 2.55. The highest BCUT2D eigenvalue weighted by Crippen LogP contribution is 2.30. The van der Waals surface area contributed by atoms with Crippen LogP contribution in [0.1, 0.15) is 6.92 Å². The molecule has 1 atom stereocenters. The van der Waals surface area contributed by atoms with Crippen LogP contribution in [-0.4, -0.2) is 12.0 Å². The summed E-state index contributed by atoms with van der Waals surface area (Å²) in [7, 11) is 0. The van der Waals surface area contributed by atoms with Crippen molar-refractivity contribution >= 4 is 40.5 Å². The zero-order valence-electron chi connectivity index (χ0n) is 14.1. The van der Waals surface area contributed by atoms with Crippen LogP contribution in [0.15, 0.2) is 78.9 Å². The summed E-state index contributed by atoms with van der Waals surface area (Å²) in [5.41, 5.74) is 1.53. The molecule has 3 aromatic carbocycles. The lowest BCUT2D eigenvalue weighted by molar-refractivity contribution is -0.123. The van der Waals surface area contributed by atoms with Gasteiger partial charge in [0.2, 0.25) is 0 Å². The zero-order valence-corrected chi connectivity index (χ0v) is 15.6. The molecule has 26 heavy (non-hydrogen) atoms. The molecule has 0 aliphatic rings. The Morgan fingerprint density at radius 1 is 0.885 bits per heavy atom. The van der Waals surface area contributed by atoms with Crippen molar-refractivity contribution in [2.45, 2.75) is 13.0 Å². The predicted molar refractivity (Wildman–Crippen MR) is 107 cm³/mol. The smallest absolute Gasteiger partial charge is 0.272 e. The van der Waals surface area contributed by atoms with Gasteiger partial charge in [-0.25, -0.2) is 0 Å². The number of nitrogens with zero attached hydrogens (tertiary/aromatic N) is 1. The molecule has 0 aromatic heterocycles. The van der Waals surface area contributed by atoms with Crippen LogP contribution in [0.4, 0.5) is 11.4 Å². The molecule has 0 N–H and O–H groups in total. The molecule has 0 bridgehead atoms. The summed E-state index contributed by atoms with van der Waals surface area (Å²) in [6.07, 6.45) is -0.742. The molecular weight excluding hydrogens is 369 g/mol. The van der Waals surface area contributed by atoms with E-state index in [1.807, 2.05) is 60.7 Å². The van der Waals surface area contributed by atoms with Crippen LogP contribution in [-0.2, 0) is 4.79 Å². The van der Waals surface area contributed by atoms with E-state index in [2.05, 4.69) is 0 Å². The third-order valence-corrected chi connectivity index (χ3v) is 4.33. The Labute approximate surface area is 162 Å². The number of hydrogen-bond donors (Lipinski definition) is 0. The number of carbonyl (C=O) groups is 1. The zero-order chi connectivity index (χ0) is 18.5. The minimum Gasteiger partial charge on any atom is -0.479 e. The number of hydrogen-bond acceptors (Lipinski definition) is 2. The average molecular weight is 386 g/mol. The molecule has 3 aromatic rings. The molecule has 0 radical (unpaired) electrons. The molecule has 3 nitrogen and oxygen atoms in total. The predicted octanol–water partition coefficient (Wildman–Crippen LogP) is 6.13. The van der Waals surface area contributed by atoms with Gasteiger partial charge in [0.25, 0.3) is 5.91 Å². The number of rotatable bonds is 5. The molecule has 0 unspecified atom stereocenters.